The number of carbonyl (C=O) groups excluding carboxylic acids is 1. The molecule has 0 saturated heterocycles. The van der Waals surface area contributed by atoms with Crippen LogP contribution in [-0.4, -0.2) is 47.0 Å². The summed E-state index contributed by atoms with van der Waals surface area (Å²) in [5, 5.41) is 0. The SMILES string of the molecule is CN(C(=O)COc1ccc2c(c1)N(c1nc(-c3ccc(Cl)s3)nc3c1CCC3)CC2)C1CC1. The summed E-state index contributed by atoms with van der Waals surface area (Å²) in [7, 11) is 1.86. The zero-order valence-electron chi connectivity index (χ0n) is 18.5. The third kappa shape index (κ3) is 3.97. The Morgan fingerprint density at radius 3 is 2.88 bits per heavy atom. The van der Waals surface area contributed by atoms with E-state index in [4.69, 9.17) is 26.3 Å². The highest BCUT2D eigenvalue weighted by Crippen LogP contribution is 2.41. The van der Waals surface area contributed by atoms with Crippen LogP contribution in [0, 0.1) is 0 Å². The van der Waals surface area contributed by atoms with Gasteiger partial charge in [-0.05, 0) is 62.3 Å². The molecule has 6 nitrogen and oxygen atoms in total. The number of hydrogen-bond donors (Lipinski definition) is 0. The fraction of sp³-hybridized carbons (Fsp3) is 0.400. The lowest BCUT2D eigenvalue weighted by Crippen LogP contribution is -2.33. The van der Waals surface area contributed by atoms with Crippen molar-refractivity contribution in [2.45, 2.75) is 44.6 Å². The highest BCUT2D eigenvalue weighted by Gasteiger charge is 2.31. The summed E-state index contributed by atoms with van der Waals surface area (Å²) in [6.07, 6.45) is 6.24. The molecule has 3 aliphatic rings. The monoisotopic (exact) mass is 480 g/mol. The van der Waals surface area contributed by atoms with Gasteiger partial charge in [-0.2, -0.15) is 0 Å². The van der Waals surface area contributed by atoms with E-state index < -0.39 is 0 Å². The summed E-state index contributed by atoms with van der Waals surface area (Å²) in [4.78, 5) is 27.4. The molecule has 1 saturated carbocycles. The van der Waals surface area contributed by atoms with Crippen LogP contribution in [0.5, 0.6) is 5.75 Å². The second-order valence-corrected chi connectivity index (χ2v) is 10.7. The maximum absolute atomic E-state index is 12.4. The van der Waals surface area contributed by atoms with Gasteiger partial charge in [0.25, 0.3) is 5.91 Å². The number of halogens is 1. The summed E-state index contributed by atoms with van der Waals surface area (Å²) >= 11 is 7.69. The highest BCUT2D eigenvalue weighted by atomic mass is 35.5. The lowest BCUT2D eigenvalue weighted by atomic mass is 10.1. The van der Waals surface area contributed by atoms with E-state index in [1.807, 2.05) is 30.1 Å². The van der Waals surface area contributed by atoms with E-state index in [0.29, 0.717) is 11.8 Å². The Balaban J connectivity index is 1.30. The Bertz CT molecular complexity index is 1240. The van der Waals surface area contributed by atoms with Gasteiger partial charge in [-0.3, -0.25) is 4.79 Å². The minimum atomic E-state index is 0.0303. The number of aryl methyl sites for hydroxylation is 1. The fourth-order valence-corrected chi connectivity index (χ4v) is 5.74. The topological polar surface area (TPSA) is 58.6 Å². The van der Waals surface area contributed by atoms with E-state index in [1.165, 1.54) is 22.5 Å². The second-order valence-electron chi connectivity index (χ2n) is 8.97. The van der Waals surface area contributed by atoms with Gasteiger partial charge in [0.05, 0.1) is 9.21 Å². The molecule has 0 bridgehead atoms. The van der Waals surface area contributed by atoms with Gasteiger partial charge in [0.1, 0.15) is 11.6 Å². The Hall–Kier alpha value is -2.64. The van der Waals surface area contributed by atoms with Crippen LogP contribution in [-0.2, 0) is 24.1 Å². The van der Waals surface area contributed by atoms with Gasteiger partial charge in [-0.25, -0.2) is 9.97 Å². The Morgan fingerprint density at radius 2 is 2.09 bits per heavy atom. The molecule has 170 valence electrons. The van der Waals surface area contributed by atoms with Gasteiger partial charge in [-0.1, -0.05) is 17.7 Å². The number of hydrogen-bond acceptors (Lipinski definition) is 6. The summed E-state index contributed by atoms with van der Waals surface area (Å²) < 4.78 is 6.64. The van der Waals surface area contributed by atoms with Crippen LogP contribution in [0.25, 0.3) is 10.7 Å². The van der Waals surface area contributed by atoms with Crippen LogP contribution in [0.2, 0.25) is 4.34 Å². The molecule has 3 heterocycles. The normalized spacial score (nSPS) is 16.6. The molecule has 0 spiro atoms. The third-order valence-electron chi connectivity index (χ3n) is 6.76. The molecule has 1 aromatic carbocycles. The number of nitrogens with zero attached hydrogens (tertiary/aromatic N) is 4. The molecule has 8 heteroatoms. The number of amides is 1. The number of carbonyl (C=O) groups is 1. The molecule has 1 fully saturated rings. The molecule has 0 unspecified atom stereocenters. The van der Waals surface area contributed by atoms with Crippen molar-refractivity contribution >= 4 is 40.4 Å². The number of fused-ring (bicyclic) bond motifs is 2. The lowest BCUT2D eigenvalue weighted by Gasteiger charge is -2.22. The Morgan fingerprint density at radius 1 is 1.21 bits per heavy atom. The van der Waals surface area contributed by atoms with Crippen molar-refractivity contribution in [3.63, 3.8) is 0 Å². The first-order valence-corrected chi connectivity index (χ1v) is 12.7. The molecular formula is C25H25ClN4O2S. The quantitative estimate of drug-likeness (QED) is 0.494. The molecule has 0 atom stereocenters. The zero-order valence-corrected chi connectivity index (χ0v) is 20.1. The van der Waals surface area contributed by atoms with Gasteiger partial charge in [0, 0.05) is 42.6 Å². The molecule has 0 N–H and O–H groups in total. The fourth-order valence-electron chi connectivity index (χ4n) is 4.76. The van der Waals surface area contributed by atoms with Gasteiger partial charge in [-0.15, -0.1) is 11.3 Å². The lowest BCUT2D eigenvalue weighted by molar-refractivity contribution is -0.132. The average molecular weight is 481 g/mol. The minimum absolute atomic E-state index is 0.0303. The van der Waals surface area contributed by atoms with Crippen LogP contribution < -0.4 is 9.64 Å². The van der Waals surface area contributed by atoms with Crippen molar-refractivity contribution in [1.29, 1.82) is 0 Å². The smallest absolute Gasteiger partial charge is 0.260 e. The molecule has 2 aliphatic carbocycles. The van der Waals surface area contributed by atoms with E-state index in [1.54, 1.807) is 0 Å². The maximum Gasteiger partial charge on any atom is 0.260 e. The maximum atomic E-state index is 12.4. The molecule has 2 aromatic heterocycles. The summed E-state index contributed by atoms with van der Waals surface area (Å²) in [6, 6.07) is 10.4. The first-order valence-electron chi connectivity index (χ1n) is 11.5. The van der Waals surface area contributed by atoms with Crippen molar-refractivity contribution in [2.24, 2.45) is 0 Å². The predicted octanol–water partition coefficient (Wildman–Crippen LogP) is 5.04. The van der Waals surface area contributed by atoms with Crippen molar-refractivity contribution < 1.29 is 9.53 Å². The van der Waals surface area contributed by atoms with E-state index in [0.717, 1.165) is 77.3 Å². The first kappa shape index (κ1) is 20.9. The predicted molar refractivity (Wildman–Crippen MR) is 131 cm³/mol. The zero-order chi connectivity index (χ0) is 22.5. The van der Waals surface area contributed by atoms with Gasteiger partial charge >= 0.3 is 0 Å². The summed E-state index contributed by atoms with van der Waals surface area (Å²) in [5.41, 5.74) is 4.78. The number of thiophene rings is 1. The van der Waals surface area contributed by atoms with E-state index >= 15 is 0 Å². The minimum Gasteiger partial charge on any atom is -0.484 e. The number of likely N-dealkylation sites (N-methyl/N-ethyl adjacent to an activating group) is 1. The first-order chi connectivity index (χ1) is 16.1. The van der Waals surface area contributed by atoms with Gasteiger partial charge in [0.2, 0.25) is 0 Å². The molecule has 6 rings (SSSR count). The standard InChI is InChI=1S/C25H25ClN4O2S/c1-29(16-6-7-16)23(31)14-32-17-8-5-15-11-12-30(20(15)13-17)25-18-3-2-4-19(18)27-24(28-25)21-9-10-22(26)33-21/h5,8-10,13,16H,2-4,6-7,11-12,14H2,1H3. The summed E-state index contributed by atoms with van der Waals surface area (Å²) in [5.74, 6) is 2.49. The molecule has 1 amide bonds. The van der Waals surface area contributed by atoms with Crippen LogP contribution in [0.1, 0.15) is 36.1 Å². The number of ether oxygens (including phenoxy) is 1. The van der Waals surface area contributed by atoms with Crippen molar-refractivity contribution in [3.05, 3.63) is 51.5 Å². The van der Waals surface area contributed by atoms with Crippen molar-refractivity contribution in [3.8, 4) is 16.5 Å². The van der Waals surface area contributed by atoms with Crippen molar-refractivity contribution in [2.75, 3.05) is 25.1 Å². The molecule has 1 aliphatic heterocycles. The molecular weight excluding hydrogens is 456 g/mol. The van der Waals surface area contributed by atoms with E-state index in [2.05, 4.69) is 17.0 Å². The second kappa shape index (κ2) is 8.29. The van der Waals surface area contributed by atoms with Crippen LogP contribution in [0.15, 0.2) is 30.3 Å². The van der Waals surface area contributed by atoms with Gasteiger partial charge in [0.15, 0.2) is 12.4 Å². The third-order valence-corrected chi connectivity index (χ3v) is 7.99. The molecule has 0 radical (unpaired) electrons. The number of anilines is 2. The Kier molecular flexibility index (Phi) is 5.26. The number of aromatic nitrogens is 2. The van der Waals surface area contributed by atoms with E-state index in [9.17, 15) is 4.79 Å². The van der Waals surface area contributed by atoms with Crippen molar-refractivity contribution in [1.82, 2.24) is 14.9 Å². The van der Waals surface area contributed by atoms with Crippen LogP contribution >= 0.6 is 22.9 Å². The average Bonchev–Trinajstić information content (AvgIpc) is 3.19. The number of benzene rings is 1. The molecule has 3 aromatic rings. The summed E-state index contributed by atoms with van der Waals surface area (Å²) in [6.45, 7) is 0.939. The van der Waals surface area contributed by atoms with Crippen LogP contribution in [0.4, 0.5) is 11.5 Å². The van der Waals surface area contributed by atoms with Gasteiger partial charge < -0.3 is 14.5 Å². The Labute approximate surface area is 202 Å². The number of rotatable bonds is 6. The largest absolute Gasteiger partial charge is 0.484 e. The highest BCUT2D eigenvalue weighted by molar-refractivity contribution is 7.19. The molecule has 33 heavy (non-hydrogen) atoms. The van der Waals surface area contributed by atoms with Crippen LogP contribution in [0.3, 0.4) is 0 Å². The van der Waals surface area contributed by atoms with E-state index in [-0.39, 0.29) is 12.5 Å².